The average Bonchev–Trinajstić information content (AvgIpc) is 3.18. The fourth-order valence-electron chi connectivity index (χ4n) is 3.31. The molecular formula is C25H29N5O4. The van der Waals surface area contributed by atoms with Crippen LogP contribution in [0.4, 0.5) is 4.79 Å². The summed E-state index contributed by atoms with van der Waals surface area (Å²) in [6.45, 7) is 6.86. The van der Waals surface area contributed by atoms with Gasteiger partial charge in [-0.2, -0.15) is 5.26 Å². The highest BCUT2D eigenvalue weighted by molar-refractivity contribution is 5.89. The number of amides is 2. The topological polar surface area (TPSA) is 120 Å². The maximum Gasteiger partial charge on any atom is 0.408 e. The van der Waals surface area contributed by atoms with E-state index in [-0.39, 0.29) is 6.42 Å². The molecule has 0 saturated heterocycles. The molecule has 2 unspecified atom stereocenters. The van der Waals surface area contributed by atoms with Gasteiger partial charge in [0.1, 0.15) is 23.4 Å². The number of rotatable bonds is 7. The fourth-order valence-corrected chi connectivity index (χ4v) is 3.31. The van der Waals surface area contributed by atoms with Crippen LogP contribution in [0.2, 0.25) is 0 Å². The molecule has 2 heterocycles. The van der Waals surface area contributed by atoms with Gasteiger partial charge in [0.2, 0.25) is 11.8 Å². The van der Waals surface area contributed by atoms with E-state index in [9.17, 15) is 14.9 Å². The summed E-state index contributed by atoms with van der Waals surface area (Å²) in [5.41, 5.74) is 0.932. The van der Waals surface area contributed by atoms with Crippen molar-refractivity contribution in [3.05, 3.63) is 54.4 Å². The second-order valence-corrected chi connectivity index (χ2v) is 8.95. The van der Waals surface area contributed by atoms with Crippen molar-refractivity contribution in [1.29, 1.82) is 5.26 Å². The summed E-state index contributed by atoms with van der Waals surface area (Å²) < 4.78 is 11.2. The Morgan fingerprint density at radius 2 is 2.03 bits per heavy atom. The first kappa shape index (κ1) is 24.6. The number of benzene rings is 1. The lowest BCUT2D eigenvalue weighted by Gasteiger charge is -2.27. The van der Waals surface area contributed by atoms with Crippen LogP contribution >= 0.6 is 0 Å². The largest absolute Gasteiger partial charge is 0.444 e. The molecule has 0 aliphatic heterocycles. The predicted octanol–water partition coefficient (Wildman–Crippen LogP) is 4.16. The van der Waals surface area contributed by atoms with Crippen LogP contribution < -0.4 is 10.1 Å². The molecule has 2 atom stereocenters. The van der Waals surface area contributed by atoms with E-state index in [2.05, 4.69) is 15.3 Å². The summed E-state index contributed by atoms with van der Waals surface area (Å²) in [6, 6.07) is 11.4. The van der Waals surface area contributed by atoms with Gasteiger partial charge in [-0.3, -0.25) is 4.79 Å². The van der Waals surface area contributed by atoms with Crippen LogP contribution in [0.15, 0.2) is 48.8 Å². The number of carbonyl (C=O) groups is 2. The van der Waals surface area contributed by atoms with Crippen molar-refractivity contribution in [1.82, 2.24) is 20.2 Å². The van der Waals surface area contributed by atoms with Crippen molar-refractivity contribution in [3.8, 4) is 17.7 Å². The zero-order chi connectivity index (χ0) is 24.9. The molecule has 0 spiro atoms. The van der Waals surface area contributed by atoms with Crippen LogP contribution in [0, 0.1) is 11.3 Å². The van der Waals surface area contributed by atoms with Crippen molar-refractivity contribution >= 4 is 22.9 Å². The Labute approximate surface area is 198 Å². The average molecular weight is 464 g/mol. The third-order valence-corrected chi connectivity index (χ3v) is 5.13. The molecule has 1 aromatic carbocycles. The van der Waals surface area contributed by atoms with Gasteiger partial charge >= 0.3 is 6.09 Å². The number of nitriles is 1. The Kier molecular flexibility index (Phi) is 7.41. The first-order chi connectivity index (χ1) is 16.1. The van der Waals surface area contributed by atoms with Crippen LogP contribution in [0.5, 0.6) is 11.6 Å². The highest BCUT2D eigenvalue weighted by atomic mass is 16.6. The van der Waals surface area contributed by atoms with Crippen LogP contribution in [-0.4, -0.2) is 51.6 Å². The number of fused-ring (bicyclic) bond motifs is 1. The van der Waals surface area contributed by atoms with Crippen LogP contribution in [0.25, 0.3) is 10.9 Å². The number of hydrogen-bond donors (Lipinski definition) is 2. The molecule has 0 aliphatic carbocycles. The third-order valence-electron chi connectivity index (χ3n) is 5.13. The number of likely N-dealkylation sites (N-methyl/N-ethyl adjacent to an activating group) is 1. The van der Waals surface area contributed by atoms with Gasteiger partial charge in [-0.1, -0.05) is 6.07 Å². The van der Waals surface area contributed by atoms with Crippen molar-refractivity contribution in [2.45, 2.75) is 51.8 Å². The SMILES string of the molecule is CC(C#N)N(C)C(=O)C(Cc1c[nH]c2ccc(Oc3ccccn3)cc12)NC(=O)OC(C)(C)C. The highest BCUT2D eigenvalue weighted by Crippen LogP contribution is 2.27. The molecule has 3 rings (SSSR count). The molecule has 0 radical (unpaired) electrons. The Hall–Kier alpha value is -4.06. The minimum absolute atomic E-state index is 0.188. The van der Waals surface area contributed by atoms with Crippen molar-refractivity contribution in [2.24, 2.45) is 0 Å². The van der Waals surface area contributed by atoms with Crippen molar-refractivity contribution in [3.63, 3.8) is 0 Å². The zero-order valence-corrected chi connectivity index (χ0v) is 20.0. The zero-order valence-electron chi connectivity index (χ0n) is 20.0. The van der Waals surface area contributed by atoms with E-state index in [1.165, 1.54) is 11.9 Å². The second kappa shape index (κ2) is 10.3. The Morgan fingerprint density at radius 1 is 1.26 bits per heavy atom. The van der Waals surface area contributed by atoms with Gasteiger partial charge in [0.15, 0.2) is 0 Å². The number of nitrogens with zero attached hydrogens (tertiary/aromatic N) is 3. The Morgan fingerprint density at radius 3 is 2.68 bits per heavy atom. The molecule has 9 nitrogen and oxygen atoms in total. The lowest BCUT2D eigenvalue weighted by Crippen LogP contribution is -2.51. The lowest BCUT2D eigenvalue weighted by molar-refractivity contribution is -0.133. The van der Waals surface area contributed by atoms with Gasteiger partial charge in [-0.25, -0.2) is 9.78 Å². The molecule has 2 N–H and O–H groups in total. The number of ether oxygens (including phenoxy) is 2. The molecule has 0 fully saturated rings. The highest BCUT2D eigenvalue weighted by Gasteiger charge is 2.29. The number of H-pyrrole nitrogens is 1. The van der Waals surface area contributed by atoms with Gasteiger partial charge in [0.05, 0.1) is 6.07 Å². The maximum absolute atomic E-state index is 13.2. The molecule has 0 saturated carbocycles. The molecule has 34 heavy (non-hydrogen) atoms. The molecule has 9 heteroatoms. The quantitative estimate of drug-likeness (QED) is 0.543. The normalized spacial score (nSPS) is 12.9. The van der Waals surface area contributed by atoms with E-state index < -0.39 is 29.7 Å². The summed E-state index contributed by atoms with van der Waals surface area (Å²) in [5.74, 6) is 0.658. The minimum Gasteiger partial charge on any atom is -0.444 e. The number of carbonyl (C=O) groups excluding carboxylic acids is 2. The Bertz CT molecular complexity index is 1190. The molecule has 2 aromatic heterocycles. The minimum atomic E-state index is -0.935. The van der Waals surface area contributed by atoms with E-state index in [0.717, 1.165) is 16.5 Å². The molecule has 3 aromatic rings. The number of aromatic nitrogens is 2. The van der Waals surface area contributed by atoms with Gasteiger partial charge in [0.25, 0.3) is 0 Å². The first-order valence-electron chi connectivity index (χ1n) is 10.9. The van der Waals surface area contributed by atoms with E-state index in [1.54, 1.807) is 52.2 Å². The fraction of sp³-hybridized carbons (Fsp3) is 0.360. The van der Waals surface area contributed by atoms with Crippen LogP contribution in [0.1, 0.15) is 33.3 Å². The molecular weight excluding hydrogens is 434 g/mol. The number of alkyl carbamates (subject to hydrolysis) is 1. The van der Waals surface area contributed by atoms with E-state index >= 15 is 0 Å². The first-order valence-corrected chi connectivity index (χ1v) is 10.9. The smallest absolute Gasteiger partial charge is 0.408 e. The van der Waals surface area contributed by atoms with E-state index in [0.29, 0.717) is 11.6 Å². The van der Waals surface area contributed by atoms with E-state index in [1.807, 2.05) is 30.3 Å². The molecule has 178 valence electrons. The second-order valence-electron chi connectivity index (χ2n) is 8.95. The summed E-state index contributed by atoms with van der Waals surface area (Å²) in [5, 5.41) is 12.8. The predicted molar refractivity (Wildman–Crippen MR) is 127 cm³/mol. The number of aromatic amines is 1. The monoisotopic (exact) mass is 463 g/mol. The van der Waals surface area contributed by atoms with Gasteiger partial charge in [-0.15, -0.1) is 0 Å². The van der Waals surface area contributed by atoms with Crippen molar-refractivity contribution < 1.29 is 19.1 Å². The lowest BCUT2D eigenvalue weighted by atomic mass is 10.0. The standard InChI is InChI=1S/C25H29N5O4/c1-16(14-26)30(5)23(31)21(29-24(32)34-25(2,3)4)12-17-15-28-20-10-9-18(13-19(17)20)33-22-8-6-7-11-27-22/h6-11,13,15-16,21,28H,12H2,1-5H3,(H,29,32). The number of nitrogens with one attached hydrogen (secondary N) is 2. The van der Waals surface area contributed by atoms with Gasteiger partial charge in [-0.05, 0) is 57.5 Å². The summed E-state index contributed by atoms with van der Waals surface area (Å²) in [7, 11) is 1.54. The van der Waals surface area contributed by atoms with Crippen LogP contribution in [0.3, 0.4) is 0 Å². The van der Waals surface area contributed by atoms with Gasteiger partial charge < -0.3 is 24.7 Å². The summed E-state index contributed by atoms with van der Waals surface area (Å²) in [6.07, 6.45) is 2.92. The number of pyridine rings is 1. The summed E-state index contributed by atoms with van der Waals surface area (Å²) >= 11 is 0. The number of hydrogen-bond acceptors (Lipinski definition) is 6. The van der Waals surface area contributed by atoms with Crippen molar-refractivity contribution in [2.75, 3.05) is 7.05 Å². The third kappa shape index (κ3) is 6.25. The van der Waals surface area contributed by atoms with Gasteiger partial charge in [0, 0.05) is 42.8 Å². The van der Waals surface area contributed by atoms with E-state index in [4.69, 9.17) is 9.47 Å². The Balaban J connectivity index is 1.88. The maximum atomic E-state index is 13.2. The molecule has 0 aliphatic rings. The van der Waals surface area contributed by atoms with Crippen LogP contribution in [-0.2, 0) is 16.0 Å². The summed E-state index contributed by atoms with van der Waals surface area (Å²) in [4.78, 5) is 34.3. The molecule has 2 amide bonds. The molecule has 0 bridgehead atoms.